The highest BCUT2D eigenvalue weighted by atomic mass is 16.5. The molecule has 1 N–H and O–H groups in total. The second kappa shape index (κ2) is 6.35. The Bertz CT molecular complexity index is 264. The second-order valence-electron chi connectivity index (χ2n) is 3.76. The first kappa shape index (κ1) is 11.9. The van der Waals surface area contributed by atoms with Gasteiger partial charge in [0.2, 0.25) is 0 Å². The molecule has 0 aromatic carbocycles. The van der Waals surface area contributed by atoms with Gasteiger partial charge in [0.25, 0.3) is 0 Å². The first-order valence-corrected chi connectivity index (χ1v) is 5.36. The molecule has 0 spiro atoms. The van der Waals surface area contributed by atoms with E-state index in [9.17, 15) is 0 Å². The Morgan fingerprint density at radius 2 is 2.27 bits per heavy atom. The van der Waals surface area contributed by atoms with Crippen LogP contribution in [0.25, 0.3) is 0 Å². The predicted octanol–water partition coefficient (Wildman–Crippen LogP) is 1.95. The Morgan fingerprint density at radius 1 is 1.47 bits per heavy atom. The van der Waals surface area contributed by atoms with Gasteiger partial charge in [-0.05, 0) is 25.0 Å². The number of rotatable bonds is 6. The molecule has 0 radical (unpaired) electrons. The summed E-state index contributed by atoms with van der Waals surface area (Å²) in [7, 11) is 0. The highest BCUT2D eigenvalue weighted by molar-refractivity contribution is 5.33. The molecule has 0 aliphatic heterocycles. The molecule has 84 valence electrons. The third-order valence-electron chi connectivity index (χ3n) is 2.21. The normalized spacial score (nSPS) is 12.8. The Labute approximate surface area is 91.1 Å². The maximum absolute atomic E-state index is 5.42. The molecule has 0 amide bonds. The van der Waals surface area contributed by atoms with Crippen molar-refractivity contribution in [3.05, 3.63) is 18.3 Å². The fraction of sp³-hybridized carbons (Fsp3) is 0.636. The molecule has 0 saturated heterocycles. The molecule has 1 rings (SSSR count). The molecule has 4 nitrogen and oxygen atoms in total. The van der Waals surface area contributed by atoms with Gasteiger partial charge >= 0.3 is 0 Å². The third-order valence-corrected chi connectivity index (χ3v) is 2.21. The summed E-state index contributed by atoms with van der Waals surface area (Å²) in [6.07, 6.45) is 1.66. The number of ether oxygens (including phenoxy) is 1. The van der Waals surface area contributed by atoms with Crippen molar-refractivity contribution in [2.24, 2.45) is 5.92 Å². The summed E-state index contributed by atoms with van der Waals surface area (Å²) in [4.78, 5) is 0. The van der Waals surface area contributed by atoms with Crippen molar-refractivity contribution >= 4 is 5.82 Å². The average molecular weight is 209 g/mol. The van der Waals surface area contributed by atoms with Gasteiger partial charge in [-0.2, -0.15) is 5.10 Å². The van der Waals surface area contributed by atoms with Crippen molar-refractivity contribution in [1.82, 2.24) is 10.2 Å². The van der Waals surface area contributed by atoms with Gasteiger partial charge in [-0.25, -0.2) is 0 Å². The van der Waals surface area contributed by atoms with Crippen LogP contribution in [0.5, 0.6) is 0 Å². The molecule has 1 heterocycles. The van der Waals surface area contributed by atoms with E-state index in [4.69, 9.17) is 4.74 Å². The third kappa shape index (κ3) is 4.25. The van der Waals surface area contributed by atoms with E-state index in [1.807, 2.05) is 19.1 Å². The van der Waals surface area contributed by atoms with Crippen molar-refractivity contribution in [3.8, 4) is 0 Å². The number of nitrogens with zero attached hydrogens (tertiary/aromatic N) is 2. The number of hydrogen-bond donors (Lipinski definition) is 1. The molecule has 1 aromatic heterocycles. The van der Waals surface area contributed by atoms with Crippen LogP contribution in [0.3, 0.4) is 0 Å². The van der Waals surface area contributed by atoms with Crippen molar-refractivity contribution in [1.29, 1.82) is 0 Å². The van der Waals surface area contributed by atoms with Gasteiger partial charge in [-0.15, -0.1) is 5.10 Å². The van der Waals surface area contributed by atoms with Crippen LogP contribution in [0.15, 0.2) is 18.3 Å². The summed E-state index contributed by atoms with van der Waals surface area (Å²) < 4.78 is 5.42. The highest BCUT2D eigenvalue weighted by Gasteiger charge is 2.13. The molecule has 1 atom stereocenters. The molecule has 0 bridgehead atoms. The van der Waals surface area contributed by atoms with Crippen LogP contribution in [0, 0.1) is 5.92 Å². The van der Waals surface area contributed by atoms with E-state index in [-0.39, 0.29) is 6.04 Å². The van der Waals surface area contributed by atoms with E-state index in [2.05, 4.69) is 29.4 Å². The molecule has 0 saturated carbocycles. The van der Waals surface area contributed by atoms with Crippen LogP contribution in [0.2, 0.25) is 0 Å². The zero-order valence-corrected chi connectivity index (χ0v) is 9.60. The number of nitrogens with one attached hydrogen (secondary N) is 1. The minimum absolute atomic E-state index is 0.279. The monoisotopic (exact) mass is 209 g/mol. The van der Waals surface area contributed by atoms with E-state index in [0.29, 0.717) is 12.5 Å². The SMILES string of the molecule is CCOCC(Nc1cccnn1)C(C)C. The number of aromatic nitrogens is 2. The van der Waals surface area contributed by atoms with Gasteiger partial charge in [-0.3, -0.25) is 0 Å². The minimum atomic E-state index is 0.279. The van der Waals surface area contributed by atoms with Crippen LogP contribution < -0.4 is 5.32 Å². The standard InChI is InChI=1S/C11H19N3O/c1-4-15-8-10(9(2)3)13-11-6-5-7-12-14-11/h5-7,9-10H,4,8H2,1-3H3,(H,13,14). The summed E-state index contributed by atoms with van der Waals surface area (Å²) in [5.74, 6) is 1.30. The van der Waals surface area contributed by atoms with Crippen LogP contribution in [-0.2, 0) is 4.74 Å². The maximum Gasteiger partial charge on any atom is 0.148 e. The molecular weight excluding hydrogens is 190 g/mol. The Morgan fingerprint density at radius 3 is 2.80 bits per heavy atom. The first-order valence-electron chi connectivity index (χ1n) is 5.36. The summed E-state index contributed by atoms with van der Waals surface area (Å²) in [6.45, 7) is 7.76. The van der Waals surface area contributed by atoms with Crippen LogP contribution in [0.1, 0.15) is 20.8 Å². The zero-order chi connectivity index (χ0) is 11.1. The lowest BCUT2D eigenvalue weighted by molar-refractivity contribution is 0.126. The lowest BCUT2D eigenvalue weighted by atomic mass is 10.1. The molecular formula is C11H19N3O. The minimum Gasteiger partial charge on any atom is -0.380 e. The molecule has 0 aliphatic carbocycles. The van der Waals surface area contributed by atoms with Crippen molar-refractivity contribution in [3.63, 3.8) is 0 Å². The van der Waals surface area contributed by atoms with Crippen LogP contribution in [0.4, 0.5) is 5.82 Å². The Kier molecular flexibility index (Phi) is 5.04. The van der Waals surface area contributed by atoms with Crippen molar-refractivity contribution in [2.75, 3.05) is 18.5 Å². The average Bonchev–Trinajstić information content (AvgIpc) is 2.25. The van der Waals surface area contributed by atoms with E-state index >= 15 is 0 Å². The van der Waals surface area contributed by atoms with E-state index in [0.717, 1.165) is 12.4 Å². The molecule has 0 fully saturated rings. The van der Waals surface area contributed by atoms with Gasteiger partial charge in [0.1, 0.15) is 5.82 Å². The van der Waals surface area contributed by atoms with Gasteiger partial charge < -0.3 is 10.1 Å². The fourth-order valence-corrected chi connectivity index (χ4v) is 1.21. The van der Waals surface area contributed by atoms with Gasteiger partial charge in [0, 0.05) is 12.8 Å². The Hall–Kier alpha value is -1.16. The van der Waals surface area contributed by atoms with Crippen LogP contribution >= 0.6 is 0 Å². The fourth-order valence-electron chi connectivity index (χ4n) is 1.21. The van der Waals surface area contributed by atoms with Crippen molar-refractivity contribution < 1.29 is 4.74 Å². The lowest BCUT2D eigenvalue weighted by Crippen LogP contribution is -2.31. The summed E-state index contributed by atoms with van der Waals surface area (Å²) in [5.41, 5.74) is 0. The van der Waals surface area contributed by atoms with Gasteiger partial charge in [-0.1, -0.05) is 13.8 Å². The van der Waals surface area contributed by atoms with Crippen molar-refractivity contribution in [2.45, 2.75) is 26.8 Å². The Balaban J connectivity index is 2.51. The molecule has 1 aromatic rings. The lowest BCUT2D eigenvalue weighted by Gasteiger charge is -2.22. The summed E-state index contributed by atoms with van der Waals surface area (Å²) in [6, 6.07) is 4.06. The maximum atomic E-state index is 5.42. The highest BCUT2D eigenvalue weighted by Crippen LogP contribution is 2.09. The van der Waals surface area contributed by atoms with E-state index in [1.165, 1.54) is 0 Å². The molecule has 1 unspecified atom stereocenters. The van der Waals surface area contributed by atoms with Gasteiger partial charge in [0.05, 0.1) is 12.6 Å². The number of anilines is 1. The number of hydrogen-bond acceptors (Lipinski definition) is 4. The van der Waals surface area contributed by atoms with Gasteiger partial charge in [0.15, 0.2) is 0 Å². The summed E-state index contributed by atoms with van der Waals surface area (Å²) >= 11 is 0. The second-order valence-corrected chi connectivity index (χ2v) is 3.76. The topological polar surface area (TPSA) is 47.0 Å². The van der Waals surface area contributed by atoms with Crippen LogP contribution in [-0.4, -0.2) is 29.5 Å². The predicted molar refractivity (Wildman–Crippen MR) is 60.8 cm³/mol. The quantitative estimate of drug-likeness (QED) is 0.778. The van der Waals surface area contributed by atoms with E-state index in [1.54, 1.807) is 6.20 Å². The zero-order valence-electron chi connectivity index (χ0n) is 9.60. The smallest absolute Gasteiger partial charge is 0.148 e. The first-order chi connectivity index (χ1) is 7.24. The molecule has 0 aliphatic rings. The molecule has 4 heteroatoms. The van der Waals surface area contributed by atoms with E-state index < -0.39 is 0 Å². The largest absolute Gasteiger partial charge is 0.380 e. The summed E-state index contributed by atoms with van der Waals surface area (Å²) in [5, 5.41) is 11.1. The molecule has 15 heavy (non-hydrogen) atoms.